The van der Waals surface area contributed by atoms with Crippen molar-refractivity contribution in [2.24, 2.45) is 0 Å². The topological polar surface area (TPSA) is 38.3 Å². The first-order chi connectivity index (χ1) is 7.60. The van der Waals surface area contributed by atoms with Crippen molar-refractivity contribution in [3.63, 3.8) is 0 Å². The van der Waals surface area contributed by atoms with Crippen molar-refractivity contribution in [3.8, 4) is 0 Å². The summed E-state index contributed by atoms with van der Waals surface area (Å²) in [6.07, 6.45) is 0.358. The van der Waals surface area contributed by atoms with Gasteiger partial charge in [0.05, 0.1) is 13.5 Å². The number of ether oxygens (including phenoxy) is 1. The van der Waals surface area contributed by atoms with E-state index in [2.05, 4.69) is 25.2 Å². The summed E-state index contributed by atoms with van der Waals surface area (Å²) in [5, 5.41) is 3.15. The average molecular weight is 221 g/mol. The molecule has 0 amide bonds. The normalized spacial score (nSPS) is 12.2. The number of hydrogen-bond acceptors (Lipinski definition) is 3. The molecule has 3 heteroatoms. The number of rotatable bonds is 4. The van der Waals surface area contributed by atoms with Crippen LogP contribution in [0, 0.1) is 13.8 Å². The van der Waals surface area contributed by atoms with Gasteiger partial charge >= 0.3 is 5.97 Å². The standard InChI is InChI=1S/C13H19NO2/c1-9-6-5-7-11(10(9)2)12(14-3)8-13(15)16-4/h5-7,12,14H,8H2,1-4H3. The predicted molar refractivity (Wildman–Crippen MR) is 64.3 cm³/mol. The molecule has 0 radical (unpaired) electrons. The molecule has 16 heavy (non-hydrogen) atoms. The number of hydrogen-bond donors (Lipinski definition) is 1. The number of carbonyl (C=O) groups excluding carboxylic acids is 1. The molecule has 0 aromatic heterocycles. The molecule has 88 valence electrons. The van der Waals surface area contributed by atoms with E-state index in [4.69, 9.17) is 4.74 Å². The minimum absolute atomic E-state index is 0.0207. The lowest BCUT2D eigenvalue weighted by Gasteiger charge is -2.18. The molecule has 0 saturated carbocycles. The Morgan fingerprint density at radius 3 is 2.69 bits per heavy atom. The third-order valence-electron chi connectivity index (χ3n) is 2.97. The van der Waals surface area contributed by atoms with Gasteiger partial charge in [-0.25, -0.2) is 0 Å². The van der Waals surface area contributed by atoms with Crippen molar-refractivity contribution in [1.29, 1.82) is 0 Å². The van der Waals surface area contributed by atoms with E-state index in [1.54, 1.807) is 0 Å². The summed E-state index contributed by atoms with van der Waals surface area (Å²) in [4.78, 5) is 11.3. The molecule has 1 aromatic rings. The molecule has 0 aliphatic rings. The summed E-state index contributed by atoms with van der Waals surface area (Å²) in [6.45, 7) is 4.15. The van der Waals surface area contributed by atoms with Crippen molar-refractivity contribution in [2.45, 2.75) is 26.3 Å². The first-order valence-corrected chi connectivity index (χ1v) is 5.40. The third kappa shape index (κ3) is 2.83. The van der Waals surface area contributed by atoms with Crippen LogP contribution in [0.1, 0.15) is 29.2 Å². The number of benzene rings is 1. The molecule has 0 aliphatic carbocycles. The first-order valence-electron chi connectivity index (χ1n) is 5.40. The molecule has 0 spiro atoms. The predicted octanol–water partition coefficient (Wildman–Crippen LogP) is 2.13. The zero-order valence-electron chi connectivity index (χ0n) is 10.3. The zero-order valence-corrected chi connectivity index (χ0v) is 10.3. The van der Waals surface area contributed by atoms with E-state index in [9.17, 15) is 4.79 Å². The molecule has 0 aliphatic heterocycles. The Balaban J connectivity index is 2.95. The highest BCUT2D eigenvalue weighted by atomic mass is 16.5. The second-order valence-electron chi connectivity index (χ2n) is 3.91. The summed E-state index contributed by atoms with van der Waals surface area (Å²) in [6, 6.07) is 6.16. The number of nitrogens with one attached hydrogen (secondary N) is 1. The molecule has 1 unspecified atom stereocenters. The average Bonchev–Trinajstić information content (AvgIpc) is 2.29. The van der Waals surface area contributed by atoms with E-state index in [-0.39, 0.29) is 12.0 Å². The van der Waals surface area contributed by atoms with Gasteiger partial charge in [-0.15, -0.1) is 0 Å². The van der Waals surface area contributed by atoms with E-state index in [0.29, 0.717) is 6.42 Å². The van der Waals surface area contributed by atoms with Crippen LogP contribution in [-0.2, 0) is 9.53 Å². The summed E-state index contributed by atoms with van der Waals surface area (Å²) in [5.74, 6) is -0.194. The van der Waals surface area contributed by atoms with E-state index in [1.807, 2.05) is 19.2 Å². The molecule has 3 nitrogen and oxygen atoms in total. The number of methoxy groups -OCH3 is 1. The Labute approximate surface area is 96.8 Å². The van der Waals surface area contributed by atoms with E-state index < -0.39 is 0 Å². The van der Waals surface area contributed by atoms with Gasteiger partial charge in [0.25, 0.3) is 0 Å². The van der Waals surface area contributed by atoms with Gasteiger partial charge < -0.3 is 10.1 Å². The lowest BCUT2D eigenvalue weighted by Crippen LogP contribution is -2.21. The Hall–Kier alpha value is -1.35. The highest BCUT2D eigenvalue weighted by Gasteiger charge is 2.16. The van der Waals surface area contributed by atoms with Gasteiger partial charge in [-0.1, -0.05) is 18.2 Å². The van der Waals surface area contributed by atoms with Gasteiger partial charge in [0.2, 0.25) is 0 Å². The van der Waals surface area contributed by atoms with Crippen molar-refractivity contribution in [2.75, 3.05) is 14.2 Å². The maximum absolute atomic E-state index is 11.3. The zero-order chi connectivity index (χ0) is 12.1. The third-order valence-corrected chi connectivity index (χ3v) is 2.97. The molecular formula is C13H19NO2. The lowest BCUT2D eigenvalue weighted by molar-refractivity contribution is -0.141. The fraction of sp³-hybridized carbons (Fsp3) is 0.462. The second kappa shape index (κ2) is 5.66. The maximum Gasteiger partial charge on any atom is 0.307 e. The van der Waals surface area contributed by atoms with Crippen LogP contribution < -0.4 is 5.32 Å². The molecule has 1 rings (SSSR count). The fourth-order valence-corrected chi connectivity index (χ4v) is 1.77. The molecular weight excluding hydrogens is 202 g/mol. The molecule has 1 atom stereocenters. The van der Waals surface area contributed by atoms with Gasteiger partial charge in [-0.2, -0.15) is 0 Å². The maximum atomic E-state index is 11.3. The fourth-order valence-electron chi connectivity index (χ4n) is 1.77. The Bertz CT molecular complexity index is 374. The van der Waals surface area contributed by atoms with Crippen molar-refractivity contribution in [1.82, 2.24) is 5.32 Å². The monoisotopic (exact) mass is 221 g/mol. The minimum atomic E-state index is -0.194. The van der Waals surface area contributed by atoms with Crippen LogP contribution in [0.2, 0.25) is 0 Å². The van der Waals surface area contributed by atoms with Crippen LogP contribution in [0.4, 0.5) is 0 Å². The van der Waals surface area contributed by atoms with Crippen LogP contribution in [0.5, 0.6) is 0 Å². The van der Waals surface area contributed by atoms with Crippen molar-refractivity contribution >= 4 is 5.97 Å². The van der Waals surface area contributed by atoms with E-state index >= 15 is 0 Å². The summed E-state index contributed by atoms with van der Waals surface area (Å²) < 4.78 is 4.70. The van der Waals surface area contributed by atoms with Crippen LogP contribution in [0.3, 0.4) is 0 Å². The Morgan fingerprint density at radius 2 is 2.12 bits per heavy atom. The molecule has 0 heterocycles. The second-order valence-corrected chi connectivity index (χ2v) is 3.91. The lowest BCUT2D eigenvalue weighted by atomic mass is 9.96. The number of aryl methyl sites for hydroxylation is 1. The van der Waals surface area contributed by atoms with Gasteiger partial charge in [0.1, 0.15) is 0 Å². The molecule has 1 aromatic carbocycles. The molecule has 0 fully saturated rings. The minimum Gasteiger partial charge on any atom is -0.469 e. The SMILES string of the molecule is CNC(CC(=O)OC)c1cccc(C)c1C. The van der Waals surface area contributed by atoms with Gasteiger partial charge in [-0.3, -0.25) is 4.79 Å². The number of carbonyl (C=O) groups is 1. The number of esters is 1. The molecule has 0 bridgehead atoms. The van der Waals surface area contributed by atoms with Gasteiger partial charge in [0.15, 0.2) is 0 Å². The molecule has 0 saturated heterocycles. The quantitative estimate of drug-likeness (QED) is 0.791. The van der Waals surface area contributed by atoms with Crippen LogP contribution in [0.15, 0.2) is 18.2 Å². The van der Waals surface area contributed by atoms with E-state index in [1.165, 1.54) is 18.2 Å². The molecule has 1 N–H and O–H groups in total. The first kappa shape index (κ1) is 12.7. The van der Waals surface area contributed by atoms with Crippen LogP contribution >= 0.6 is 0 Å². The smallest absolute Gasteiger partial charge is 0.307 e. The van der Waals surface area contributed by atoms with Gasteiger partial charge in [0, 0.05) is 6.04 Å². The summed E-state index contributed by atoms with van der Waals surface area (Å²) >= 11 is 0. The summed E-state index contributed by atoms with van der Waals surface area (Å²) in [7, 11) is 3.27. The highest BCUT2D eigenvalue weighted by molar-refractivity contribution is 5.70. The van der Waals surface area contributed by atoms with E-state index in [0.717, 1.165) is 5.56 Å². The van der Waals surface area contributed by atoms with Crippen LogP contribution in [0.25, 0.3) is 0 Å². The summed E-state index contributed by atoms with van der Waals surface area (Å²) in [5.41, 5.74) is 3.63. The largest absolute Gasteiger partial charge is 0.469 e. The highest BCUT2D eigenvalue weighted by Crippen LogP contribution is 2.22. The van der Waals surface area contributed by atoms with Crippen molar-refractivity contribution in [3.05, 3.63) is 34.9 Å². The van der Waals surface area contributed by atoms with Crippen LogP contribution in [-0.4, -0.2) is 20.1 Å². The van der Waals surface area contributed by atoms with Crippen molar-refractivity contribution < 1.29 is 9.53 Å². The Kier molecular flexibility index (Phi) is 4.50. The Morgan fingerprint density at radius 1 is 1.44 bits per heavy atom. The van der Waals surface area contributed by atoms with Gasteiger partial charge in [-0.05, 0) is 37.6 Å².